The lowest BCUT2D eigenvalue weighted by atomic mass is 10.2. The molecule has 0 radical (unpaired) electrons. The topological polar surface area (TPSA) is 75.3 Å². The van der Waals surface area contributed by atoms with Crippen LogP contribution in [-0.4, -0.2) is 23.7 Å². The Balaban J connectivity index is 2.56. The van der Waals surface area contributed by atoms with Gasteiger partial charge in [0, 0.05) is 11.8 Å². The maximum atomic E-state index is 11.5. The molecule has 4 N–H and O–H groups in total. The highest BCUT2D eigenvalue weighted by Crippen LogP contribution is 2.07. The van der Waals surface area contributed by atoms with Gasteiger partial charge in [-0.05, 0) is 30.2 Å². The molecule has 4 heteroatoms. The normalized spacial score (nSPS) is 12.6. The van der Waals surface area contributed by atoms with E-state index in [-0.39, 0.29) is 18.6 Å². The number of hydrogen-bond acceptors (Lipinski definition) is 3. The van der Waals surface area contributed by atoms with Crippen LogP contribution in [-0.2, 0) is 4.79 Å². The van der Waals surface area contributed by atoms with Crippen molar-refractivity contribution in [3.05, 3.63) is 35.9 Å². The van der Waals surface area contributed by atoms with Gasteiger partial charge >= 0.3 is 0 Å². The summed E-state index contributed by atoms with van der Waals surface area (Å²) in [7, 11) is 0. The first-order valence-corrected chi connectivity index (χ1v) is 5.60. The second-order valence-electron chi connectivity index (χ2n) is 3.80. The zero-order valence-electron chi connectivity index (χ0n) is 9.89. The summed E-state index contributed by atoms with van der Waals surface area (Å²) < 4.78 is 0. The second-order valence-corrected chi connectivity index (χ2v) is 3.80. The molecule has 17 heavy (non-hydrogen) atoms. The zero-order valence-corrected chi connectivity index (χ0v) is 9.89. The van der Waals surface area contributed by atoms with E-state index in [1.165, 1.54) is 6.08 Å². The van der Waals surface area contributed by atoms with E-state index < -0.39 is 0 Å². The summed E-state index contributed by atoms with van der Waals surface area (Å²) in [5.74, 6) is -0.215. The first-order chi connectivity index (χ1) is 8.15. The van der Waals surface area contributed by atoms with E-state index in [1.54, 1.807) is 18.2 Å². The highest BCUT2D eigenvalue weighted by molar-refractivity contribution is 5.92. The summed E-state index contributed by atoms with van der Waals surface area (Å²) in [6.45, 7) is 1.86. The third-order valence-corrected chi connectivity index (χ3v) is 2.40. The minimum atomic E-state index is -0.215. The van der Waals surface area contributed by atoms with Crippen LogP contribution in [0, 0.1) is 0 Å². The Morgan fingerprint density at radius 1 is 1.59 bits per heavy atom. The molecule has 0 bridgehead atoms. The number of aliphatic hydroxyl groups is 1. The molecular weight excluding hydrogens is 216 g/mol. The summed E-state index contributed by atoms with van der Waals surface area (Å²) in [5.41, 5.74) is 7.16. The fraction of sp³-hybridized carbons (Fsp3) is 0.308. The number of aliphatic hydroxyl groups excluding tert-OH is 1. The van der Waals surface area contributed by atoms with Crippen LogP contribution in [0.25, 0.3) is 6.08 Å². The van der Waals surface area contributed by atoms with E-state index in [0.717, 1.165) is 5.56 Å². The summed E-state index contributed by atoms with van der Waals surface area (Å²) in [6, 6.07) is 7.08. The van der Waals surface area contributed by atoms with Gasteiger partial charge in [-0.1, -0.05) is 19.1 Å². The minimum absolute atomic E-state index is 0.0473. The molecule has 0 saturated heterocycles. The molecule has 0 heterocycles. The van der Waals surface area contributed by atoms with E-state index in [2.05, 4.69) is 5.32 Å². The van der Waals surface area contributed by atoms with E-state index in [1.807, 2.05) is 19.1 Å². The smallest absolute Gasteiger partial charge is 0.244 e. The van der Waals surface area contributed by atoms with Crippen LogP contribution < -0.4 is 11.1 Å². The molecule has 1 amide bonds. The van der Waals surface area contributed by atoms with Crippen molar-refractivity contribution in [1.29, 1.82) is 0 Å². The van der Waals surface area contributed by atoms with Gasteiger partial charge < -0.3 is 16.2 Å². The predicted molar refractivity (Wildman–Crippen MR) is 69.2 cm³/mol. The summed E-state index contributed by atoms with van der Waals surface area (Å²) in [4.78, 5) is 11.5. The number of nitrogen functional groups attached to an aromatic ring is 1. The third kappa shape index (κ3) is 4.70. The molecule has 0 saturated carbocycles. The Morgan fingerprint density at radius 3 is 2.94 bits per heavy atom. The number of rotatable bonds is 5. The van der Waals surface area contributed by atoms with E-state index in [4.69, 9.17) is 10.8 Å². The number of carbonyl (C=O) groups excluding carboxylic acids is 1. The molecule has 0 fully saturated rings. The lowest BCUT2D eigenvalue weighted by Crippen LogP contribution is -2.35. The molecule has 0 aliphatic carbocycles. The molecule has 0 spiro atoms. The third-order valence-electron chi connectivity index (χ3n) is 2.40. The monoisotopic (exact) mass is 234 g/mol. The van der Waals surface area contributed by atoms with Gasteiger partial charge in [-0.2, -0.15) is 0 Å². The van der Waals surface area contributed by atoms with Crippen LogP contribution in [0.1, 0.15) is 18.9 Å². The van der Waals surface area contributed by atoms with Gasteiger partial charge in [0.15, 0.2) is 0 Å². The SMILES string of the molecule is CC[C@@H](CO)NC(=O)/C=C/c1cccc(N)c1. The lowest BCUT2D eigenvalue weighted by molar-refractivity contribution is -0.117. The van der Waals surface area contributed by atoms with E-state index >= 15 is 0 Å². The van der Waals surface area contributed by atoms with Gasteiger partial charge in [-0.25, -0.2) is 0 Å². The lowest BCUT2D eigenvalue weighted by Gasteiger charge is -2.11. The molecular formula is C13H18N2O2. The second kappa shape index (κ2) is 6.70. The summed E-state index contributed by atoms with van der Waals surface area (Å²) >= 11 is 0. The van der Waals surface area contributed by atoms with Crippen LogP contribution in [0.3, 0.4) is 0 Å². The van der Waals surface area contributed by atoms with Crippen LogP contribution >= 0.6 is 0 Å². The molecule has 1 rings (SSSR count). The maximum Gasteiger partial charge on any atom is 0.244 e. The number of nitrogens with one attached hydrogen (secondary N) is 1. The van der Waals surface area contributed by atoms with Crippen LogP contribution in [0.4, 0.5) is 5.69 Å². The van der Waals surface area contributed by atoms with Crippen molar-refractivity contribution in [1.82, 2.24) is 5.32 Å². The largest absolute Gasteiger partial charge is 0.399 e. The van der Waals surface area contributed by atoms with Crippen molar-refractivity contribution in [2.24, 2.45) is 0 Å². The first kappa shape index (κ1) is 13.3. The van der Waals surface area contributed by atoms with Crippen molar-refractivity contribution in [3.63, 3.8) is 0 Å². The minimum Gasteiger partial charge on any atom is -0.399 e. The molecule has 1 aromatic carbocycles. The van der Waals surface area contributed by atoms with E-state index in [9.17, 15) is 4.79 Å². The number of hydrogen-bond donors (Lipinski definition) is 3. The Hall–Kier alpha value is -1.81. The van der Waals surface area contributed by atoms with Crippen molar-refractivity contribution < 1.29 is 9.90 Å². The fourth-order valence-corrected chi connectivity index (χ4v) is 1.36. The van der Waals surface area contributed by atoms with Gasteiger partial charge in [0.2, 0.25) is 5.91 Å². The predicted octanol–water partition coefficient (Wildman–Crippen LogP) is 1.17. The number of nitrogens with two attached hydrogens (primary N) is 1. The Bertz CT molecular complexity index is 398. The standard InChI is InChI=1S/C13H18N2O2/c1-2-12(9-16)15-13(17)7-6-10-4-3-5-11(14)8-10/h3-8,12,16H,2,9,14H2,1H3,(H,15,17)/b7-6+/t12-/m0/s1. The molecule has 0 aliphatic heterocycles. The number of anilines is 1. The van der Waals surface area contributed by atoms with Gasteiger partial charge in [-0.3, -0.25) is 4.79 Å². The number of amides is 1. The first-order valence-electron chi connectivity index (χ1n) is 5.60. The van der Waals surface area contributed by atoms with Gasteiger partial charge in [-0.15, -0.1) is 0 Å². The maximum absolute atomic E-state index is 11.5. The molecule has 92 valence electrons. The van der Waals surface area contributed by atoms with Crippen LogP contribution in [0.15, 0.2) is 30.3 Å². The number of benzene rings is 1. The Morgan fingerprint density at radius 2 is 2.35 bits per heavy atom. The number of carbonyl (C=O) groups is 1. The molecule has 1 atom stereocenters. The van der Waals surface area contributed by atoms with Crippen LogP contribution in [0.5, 0.6) is 0 Å². The van der Waals surface area contributed by atoms with Crippen LogP contribution in [0.2, 0.25) is 0 Å². The van der Waals surface area contributed by atoms with Crippen molar-refractivity contribution in [2.45, 2.75) is 19.4 Å². The zero-order chi connectivity index (χ0) is 12.7. The Labute approximate surface area is 101 Å². The average Bonchev–Trinajstić information content (AvgIpc) is 2.33. The van der Waals surface area contributed by atoms with Gasteiger partial charge in [0.05, 0.1) is 12.6 Å². The molecule has 4 nitrogen and oxygen atoms in total. The van der Waals surface area contributed by atoms with Crippen molar-refractivity contribution in [2.75, 3.05) is 12.3 Å². The molecule has 0 aliphatic rings. The quantitative estimate of drug-likeness (QED) is 0.529. The Kier molecular flexibility index (Phi) is 5.23. The molecule has 1 aromatic rings. The van der Waals surface area contributed by atoms with Gasteiger partial charge in [0.1, 0.15) is 0 Å². The summed E-state index contributed by atoms with van der Waals surface area (Å²) in [6.07, 6.45) is 3.83. The highest BCUT2D eigenvalue weighted by atomic mass is 16.3. The van der Waals surface area contributed by atoms with Crippen molar-refractivity contribution in [3.8, 4) is 0 Å². The fourth-order valence-electron chi connectivity index (χ4n) is 1.36. The average molecular weight is 234 g/mol. The van der Waals surface area contributed by atoms with Gasteiger partial charge in [0.25, 0.3) is 0 Å². The molecule has 0 unspecified atom stereocenters. The molecule has 0 aromatic heterocycles. The highest BCUT2D eigenvalue weighted by Gasteiger charge is 2.05. The van der Waals surface area contributed by atoms with Crippen molar-refractivity contribution >= 4 is 17.7 Å². The van der Waals surface area contributed by atoms with E-state index in [0.29, 0.717) is 12.1 Å². The summed E-state index contributed by atoms with van der Waals surface area (Å²) in [5, 5.41) is 11.6.